The van der Waals surface area contributed by atoms with Crippen LogP contribution in [-0.2, 0) is 0 Å². The lowest BCUT2D eigenvalue weighted by atomic mass is 10.0. The molecule has 0 spiro atoms. The number of rotatable bonds is 3. The zero-order valence-corrected chi connectivity index (χ0v) is 13.6. The summed E-state index contributed by atoms with van der Waals surface area (Å²) in [4.78, 5) is 1.97. The number of hydroxylamine groups is 1. The van der Waals surface area contributed by atoms with Crippen molar-refractivity contribution in [2.24, 2.45) is 0 Å². The first kappa shape index (κ1) is 15.1. The van der Waals surface area contributed by atoms with Crippen LogP contribution < -0.4 is 4.74 Å². The smallest absolute Gasteiger partial charge is 0.238 e. The molecule has 108 valence electrons. The van der Waals surface area contributed by atoms with Gasteiger partial charge in [-0.3, -0.25) is 0 Å². The molecule has 0 bridgehead atoms. The molecule has 1 aliphatic rings. The van der Waals surface area contributed by atoms with Crippen molar-refractivity contribution < 1.29 is 9.48 Å². The summed E-state index contributed by atoms with van der Waals surface area (Å²) < 4.78 is 6.98. The van der Waals surface area contributed by atoms with E-state index in [-0.39, 0.29) is 10.9 Å². The van der Waals surface area contributed by atoms with Crippen molar-refractivity contribution in [3.8, 4) is 5.75 Å². The van der Waals surface area contributed by atoms with E-state index in [0.29, 0.717) is 5.75 Å². The van der Waals surface area contributed by atoms with Crippen molar-refractivity contribution in [2.75, 3.05) is 14.2 Å². The Balaban J connectivity index is 2.34. The van der Waals surface area contributed by atoms with Crippen molar-refractivity contribution in [1.82, 2.24) is 4.90 Å². The molecule has 0 amide bonds. The van der Waals surface area contributed by atoms with Gasteiger partial charge in [0.05, 0.1) is 12.7 Å². The first-order valence-electron chi connectivity index (χ1n) is 6.25. The Morgan fingerprint density at radius 2 is 2.10 bits per heavy atom. The highest BCUT2D eigenvalue weighted by atomic mass is 32.2. The molecule has 4 nitrogen and oxygen atoms in total. The molecule has 1 heterocycles. The van der Waals surface area contributed by atoms with Gasteiger partial charge in [0.15, 0.2) is 6.21 Å². The summed E-state index contributed by atoms with van der Waals surface area (Å²) in [6.07, 6.45) is 1.57. The van der Waals surface area contributed by atoms with Gasteiger partial charge in [0.1, 0.15) is 15.6 Å². The van der Waals surface area contributed by atoms with Crippen molar-refractivity contribution >= 4 is 34.5 Å². The average molecular weight is 310 g/mol. The number of benzene rings is 1. The fourth-order valence-corrected chi connectivity index (χ4v) is 3.77. The van der Waals surface area contributed by atoms with Gasteiger partial charge in [-0.1, -0.05) is 24.4 Å². The number of thiocarbonyl (C=S) groups is 1. The van der Waals surface area contributed by atoms with Gasteiger partial charge in [0, 0.05) is 7.05 Å². The summed E-state index contributed by atoms with van der Waals surface area (Å²) in [5.41, 5.74) is 0.448. The Labute approximate surface area is 129 Å². The molecule has 1 fully saturated rings. The molecule has 2 rings (SSSR count). The Morgan fingerprint density at radius 3 is 2.65 bits per heavy atom. The maximum absolute atomic E-state index is 12.5. The second-order valence-corrected chi connectivity index (χ2v) is 6.89. The van der Waals surface area contributed by atoms with Crippen molar-refractivity contribution in [1.29, 1.82) is 0 Å². The highest BCUT2D eigenvalue weighted by molar-refractivity contribution is 8.23. The van der Waals surface area contributed by atoms with E-state index in [9.17, 15) is 5.21 Å². The van der Waals surface area contributed by atoms with E-state index in [1.807, 2.05) is 50.1 Å². The lowest BCUT2D eigenvalue weighted by Crippen LogP contribution is -2.47. The zero-order valence-electron chi connectivity index (χ0n) is 12.0. The second kappa shape index (κ2) is 5.61. The average Bonchev–Trinajstić information content (AvgIpc) is 2.63. The molecule has 0 saturated carbocycles. The van der Waals surface area contributed by atoms with Crippen molar-refractivity contribution in [3.05, 3.63) is 35.0 Å². The molecule has 1 aromatic rings. The van der Waals surface area contributed by atoms with E-state index >= 15 is 0 Å². The first-order chi connectivity index (χ1) is 9.37. The minimum absolute atomic E-state index is 0.273. The summed E-state index contributed by atoms with van der Waals surface area (Å²) in [7, 11) is 3.52. The van der Waals surface area contributed by atoms with E-state index in [0.717, 1.165) is 14.6 Å². The standard InChI is InChI=1S/C14H18N2O2S2/c1-14(2)12(20-13(19)15(14)3)16(17)9-10-7-5-6-8-11(10)18-4/h5-9,12H,1-4H3. The van der Waals surface area contributed by atoms with Gasteiger partial charge >= 0.3 is 0 Å². The highest BCUT2D eigenvalue weighted by Gasteiger charge is 2.48. The number of nitrogens with zero attached hydrogens (tertiary/aromatic N) is 2. The second-order valence-electron chi connectivity index (χ2n) is 5.18. The van der Waals surface area contributed by atoms with E-state index in [2.05, 4.69) is 0 Å². The van der Waals surface area contributed by atoms with Gasteiger partial charge in [0.2, 0.25) is 5.37 Å². The molecule has 1 aromatic carbocycles. The van der Waals surface area contributed by atoms with Crippen LogP contribution in [0, 0.1) is 5.21 Å². The number of ether oxygens (including phenoxy) is 1. The number of likely N-dealkylation sites (N-methyl/N-ethyl adjacent to an activating group) is 1. The van der Waals surface area contributed by atoms with E-state index in [1.165, 1.54) is 11.8 Å². The van der Waals surface area contributed by atoms with Gasteiger partial charge in [-0.25, -0.2) is 0 Å². The van der Waals surface area contributed by atoms with Gasteiger partial charge in [0.25, 0.3) is 0 Å². The van der Waals surface area contributed by atoms with Gasteiger partial charge < -0.3 is 14.8 Å². The van der Waals surface area contributed by atoms with Crippen LogP contribution in [0.5, 0.6) is 5.75 Å². The van der Waals surface area contributed by atoms with Crippen molar-refractivity contribution in [3.63, 3.8) is 0 Å². The van der Waals surface area contributed by atoms with Crippen LogP contribution in [0.2, 0.25) is 0 Å². The number of thioether (sulfide) groups is 1. The lowest BCUT2D eigenvalue weighted by Gasteiger charge is -2.30. The normalized spacial score (nSPS) is 22.2. The van der Waals surface area contributed by atoms with Crippen LogP contribution >= 0.6 is 24.0 Å². The van der Waals surface area contributed by atoms with Gasteiger partial charge in [-0.2, -0.15) is 4.74 Å². The van der Waals surface area contributed by atoms with Crippen LogP contribution in [0.4, 0.5) is 0 Å². The Kier molecular flexibility index (Phi) is 4.25. The van der Waals surface area contributed by atoms with E-state index in [1.54, 1.807) is 13.3 Å². The van der Waals surface area contributed by atoms with E-state index < -0.39 is 0 Å². The maximum atomic E-state index is 12.5. The first-order valence-corrected chi connectivity index (χ1v) is 7.54. The predicted molar refractivity (Wildman–Crippen MR) is 87.6 cm³/mol. The molecule has 1 aliphatic heterocycles. The summed E-state index contributed by atoms with van der Waals surface area (Å²) in [5, 5.41) is 12.2. The molecule has 0 aliphatic carbocycles. The van der Waals surface area contributed by atoms with Crippen LogP contribution in [-0.4, -0.2) is 45.2 Å². The maximum Gasteiger partial charge on any atom is 0.238 e. The van der Waals surface area contributed by atoms with Crippen LogP contribution in [0.1, 0.15) is 19.4 Å². The molecule has 0 aromatic heterocycles. The fourth-order valence-electron chi connectivity index (χ4n) is 2.06. The fraction of sp³-hybridized carbons (Fsp3) is 0.429. The van der Waals surface area contributed by atoms with Gasteiger partial charge in [-0.05, 0) is 37.7 Å². The van der Waals surface area contributed by atoms with Crippen LogP contribution in [0.15, 0.2) is 24.3 Å². The molecule has 20 heavy (non-hydrogen) atoms. The quantitative estimate of drug-likeness (QED) is 0.282. The Hall–Kier alpha value is -1.27. The SMILES string of the molecule is COc1ccccc1C=[N+]([O-])C1SC(=S)N(C)C1(C)C. The largest absolute Gasteiger partial charge is 0.623 e. The zero-order chi connectivity index (χ0) is 14.9. The van der Waals surface area contributed by atoms with Gasteiger partial charge in [-0.15, -0.1) is 0 Å². The highest BCUT2D eigenvalue weighted by Crippen LogP contribution is 2.38. The third kappa shape index (κ3) is 2.62. The molecular weight excluding hydrogens is 292 g/mol. The molecule has 1 saturated heterocycles. The molecule has 1 atom stereocenters. The van der Waals surface area contributed by atoms with Crippen molar-refractivity contribution in [2.45, 2.75) is 24.8 Å². The Morgan fingerprint density at radius 1 is 1.45 bits per heavy atom. The monoisotopic (exact) mass is 310 g/mol. The minimum atomic E-state index is -0.317. The third-order valence-corrected chi connectivity index (χ3v) is 5.64. The lowest BCUT2D eigenvalue weighted by molar-refractivity contribution is -0.480. The molecule has 0 N–H and O–H groups in total. The molecule has 6 heteroatoms. The number of hydrogen-bond acceptors (Lipinski definition) is 4. The number of para-hydroxylation sites is 1. The van der Waals surface area contributed by atoms with Crippen LogP contribution in [0.25, 0.3) is 0 Å². The van der Waals surface area contributed by atoms with Crippen LogP contribution in [0.3, 0.4) is 0 Å². The molecule has 0 radical (unpaired) electrons. The summed E-state index contributed by atoms with van der Waals surface area (Å²) in [6.45, 7) is 4.04. The summed E-state index contributed by atoms with van der Waals surface area (Å²) in [5.74, 6) is 0.685. The minimum Gasteiger partial charge on any atom is -0.623 e. The summed E-state index contributed by atoms with van der Waals surface area (Å²) >= 11 is 6.71. The topological polar surface area (TPSA) is 38.5 Å². The number of methoxy groups -OCH3 is 1. The molecular formula is C14H18N2O2S2. The number of hydrogen-bond donors (Lipinski definition) is 0. The van der Waals surface area contributed by atoms with E-state index in [4.69, 9.17) is 17.0 Å². The third-order valence-electron chi connectivity index (χ3n) is 3.59. The summed E-state index contributed by atoms with van der Waals surface area (Å²) in [6, 6.07) is 7.45. The molecule has 1 unspecified atom stereocenters. The predicted octanol–water partition coefficient (Wildman–Crippen LogP) is 2.69. The Bertz CT molecular complexity index is 558.